The largest absolute Gasteiger partial charge is 0.457 e. The summed E-state index contributed by atoms with van der Waals surface area (Å²) in [6, 6.07) is 31.6. The maximum absolute atomic E-state index is 6.92. The fourth-order valence-corrected chi connectivity index (χ4v) is 7.58. The van der Waals surface area contributed by atoms with Crippen LogP contribution in [0.1, 0.15) is 125 Å². The number of nitrogens with zero attached hydrogens (tertiary/aromatic N) is 4. The van der Waals surface area contributed by atoms with Crippen molar-refractivity contribution in [3.63, 3.8) is 0 Å². The van der Waals surface area contributed by atoms with Crippen molar-refractivity contribution in [3.05, 3.63) is 113 Å². The van der Waals surface area contributed by atoms with E-state index in [0.29, 0.717) is 5.92 Å². The number of hydrogen-bond acceptors (Lipinski definition) is 4. The standard InChI is InChI=1S/C49H60N4O/c1-31(2)32-15-19-42-44(23-32)52(49(12,13)14)30-51(42)36-24-35(48(9,10)11)25-38(28-36)54-37-17-18-39-40-26-33(46(3,4)5)16-20-41(40)53(43(39)29-37)45-27-34(21-22-50-45)47(6,7)8/h15-29,31H,30H2,1-14H3. The summed E-state index contributed by atoms with van der Waals surface area (Å²) in [6.45, 7) is 32.6. The van der Waals surface area contributed by atoms with Gasteiger partial charge in [0.25, 0.3) is 0 Å². The molecule has 0 fully saturated rings. The molecule has 4 aromatic carbocycles. The molecule has 0 amide bonds. The lowest BCUT2D eigenvalue weighted by Crippen LogP contribution is -2.42. The second kappa shape index (κ2) is 12.9. The van der Waals surface area contributed by atoms with Gasteiger partial charge in [0.05, 0.1) is 29.1 Å². The van der Waals surface area contributed by atoms with Gasteiger partial charge < -0.3 is 14.5 Å². The number of hydrogen-bond donors (Lipinski definition) is 0. The molecule has 0 unspecified atom stereocenters. The molecular formula is C49H60N4O. The van der Waals surface area contributed by atoms with E-state index in [0.717, 1.165) is 40.7 Å². The summed E-state index contributed by atoms with van der Waals surface area (Å²) in [5.74, 6) is 3.00. The van der Waals surface area contributed by atoms with Crippen molar-refractivity contribution in [1.29, 1.82) is 0 Å². The van der Waals surface area contributed by atoms with E-state index in [1.165, 1.54) is 44.4 Å². The van der Waals surface area contributed by atoms with Crippen molar-refractivity contribution in [2.24, 2.45) is 0 Å². The van der Waals surface area contributed by atoms with Gasteiger partial charge >= 0.3 is 0 Å². The van der Waals surface area contributed by atoms with Crippen LogP contribution in [-0.2, 0) is 16.2 Å². The average molecular weight is 721 g/mol. The second-order valence-electron chi connectivity index (χ2n) is 19.8. The molecule has 0 aliphatic carbocycles. The third-order valence-electron chi connectivity index (χ3n) is 11.1. The number of benzene rings is 4. The Morgan fingerprint density at radius 3 is 1.91 bits per heavy atom. The first-order chi connectivity index (χ1) is 25.1. The molecule has 0 radical (unpaired) electrons. The van der Waals surface area contributed by atoms with Crippen LogP contribution in [0.25, 0.3) is 27.6 Å². The van der Waals surface area contributed by atoms with Crippen LogP contribution in [0.5, 0.6) is 11.5 Å². The van der Waals surface area contributed by atoms with Gasteiger partial charge in [0.15, 0.2) is 0 Å². The molecule has 5 nitrogen and oxygen atoms in total. The molecule has 7 rings (SSSR count). The topological polar surface area (TPSA) is 33.5 Å². The number of ether oxygens (including phenoxy) is 1. The van der Waals surface area contributed by atoms with E-state index in [-0.39, 0.29) is 21.8 Å². The van der Waals surface area contributed by atoms with Gasteiger partial charge in [0.1, 0.15) is 17.3 Å². The highest BCUT2D eigenvalue weighted by Crippen LogP contribution is 2.47. The highest BCUT2D eigenvalue weighted by Gasteiger charge is 2.35. The molecule has 0 saturated heterocycles. The van der Waals surface area contributed by atoms with Crippen molar-refractivity contribution in [2.75, 3.05) is 16.5 Å². The first kappa shape index (κ1) is 37.5. The lowest BCUT2D eigenvalue weighted by Gasteiger charge is -2.35. The van der Waals surface area contributed by atoms with Crippen LogP contribution >= 0.6 is 0 Å². The third kappa shape index (κ3) is 6.98. The van der Waals surface area contributed by atoms with Gasteiger partial charge in [-0.15, -0.1) is 0 Å². The first-order valence-electron chi connectivity index (χ1n) is 19.7. The fraction of sp³-hybridized carbons (Fsp3) is 0.408. The smallest absolute Gasteiger partial charge is 0.137 e. The minimum atomic E-state index is -0.0766. The number of fused-ring (bicyclic) bond motifs is 4. The lowest BCUT2D eigenvalue weighted by atomic mass is 9.86. The van der Waals surface area contributed by atoms with E-state index in [2.05, 4.69) is 196 Å². The summed E-state index contributed by atoms with van der Waals surface area (Å²) in [7, 11) is 0. The Balaban J connectivity index is 1.37. The predicted molar refractivity (Wildman–Crippen MR) is 231 cm³/mol. The molecule has 0 saturated carbocycles. The number of pyridine rings is 1. The zero-order chi connectivity index (χ0) is 39.1. The zero-order valence-electron chi connectivity index (χ0n) is 35.1. The molecular weight excluding hydrogens is 661 g/mol. The quantitative estimate of drug-likeness (QED) is 0.178. The summed E-state index contributed by atoms with van der Waals surface area (Å²) in [6.07, 6.45) is 1.94. The van der Waals surface area contributed by atoms with Gasteiger partial charge in [-0.1, -0.05) is 88.3 Å². The van der Waals surface area contributed by atoms with Gasteiger partial charge in [0, 0.05) is 40.3 Å². The molecule has 6 aromatic rings. The fourth-order valence-electron chi connectivity index (χ4n) is 7.58. The van der Waals surface area contributed by atoms with Crippen molar-refractivity contribution >= 4 is 38.9 Å². The van der Waals surface area contributed by atoms with Crippen molar-refractivity contribution in [3.8, 4) is 17.3 Å². The van der Waals surface area contributed by atoms with E-state index < -0.39 is 0 Å². The van der Waals surface area contributed by atoms with Gasteiger partial charge in [-0.3, -0.25) is 4.57 Å². The molecule has 5 heteroatoms. The summed E-state index contributed by atoms with van der Waals surface area (Å²) >= 11 is 0. The summed E-state index contributed by atoms with van der Waals surface area (Å²) in [5.41, 5.74) is 10.9. The molecule has 1 aliphatic heterocycles. The minimum absolute atomic E-state index is 0.00358. The van der Waals surface area contributed by atoms with Crippen LogP contribution in [0.2, 0.25) is 0 Å². The monoisotopic (exact) mass is 720 g/mol. The first-order valence-corrected chi connectivity index (χ1v) is 19.7. The maximum Gasteiger partial charge on any atom is 0.137 e. The SMILES string of the molecule is CC(C)c1ccc2c(c1)N(C(C)(C)C)CN2c1cc(Oc2ccc3c4cc(C(C)(C)C)ccc4n(-c4cc(C(C)(C)C)ccn4)c3c2)cc(C(C)(C)C)c1. The molecule has 0 spiro atoms. The number of rotatable bonds is 5. The van der Waals surface area contributed by atoms with Gasteiger partial charge in [0.2, 0.25) is 0 Å². The highest BCUT2D eigenvalue weighted by atomic mass is 16.5. The van der Waals surface area contributed by atoms with Crippen LogP contribution in [0, 0.1) is 0 Å². The Hall–Kier alpha value is -4.77. The van der Waals surface area contributed by atoms with E-state index in [1.807, 2.05) is 6.20 Å². The lowest BCUT2D eigenvalue weighted by molar-refractivity contribution is 0.479. The second-order valence-corrected chi connectivity index (χ2v) is 19.8. The van der Waals surface area contributed by atoms with E-state index >= 15 is 0 Å². The summed E-state index contributed by atoms with van der Waals surface area (Å²) in [5, 5.41) is 2.41. The molecule has 3 heterocycles. The third-order valence-corrected chi connectivity index (χ3v) is 11.1. The van der Waals surface area contributed by atoms with Crippen molar-refractivity contribution in [1.82, 2.24) is 9.55 Å². The Bertz CT molecular complexity index is 2370. The normalized spacial score (nSPS) is 14.1. The zero-order valence-corrected chi connectivity index (χ0v) is 35.1. The van der Waals surface area contributed by atoms with Gasteiger partial charge in [-0.2, -0.15) is 0 Å². The molecule has 0 bridgehead atoms. The Morgan fingerprint density at radius 2 is 1.26 bits per heavy atom. The van der Waals surface area contributed by atoms with Gasteiger partial charge in [-0.25, -0.2) is 4.98 Å². The van der Waals surface area contributed by atoms with E-state index in [1.54, 1.807) is 0 Å². The summed E-state index contributed by atoms with van der Waals surface area (Å²) < 4.78 is 9.23. The van der Waals surface area contributed by atoms with E-state index in [9.17, 15) is 0 Å². The Labute approximate surface area is 324 Å². The van der Waals surface area contributed by atoms with Crippen molar-refractivity contribution < 1.29 is 4.74 Å². The van der Waals surface area contributed by atoms with Crippen molar-refractivity contribution in [2.45, 2.75) is 125 Å². The molecule has 0 N–H and O–H groups in total. The Kier molecular flexibility index (Phi) is 8.99. The Morgan fingerprint density at radius 1 is 0.574 bits per heavy atom. The highest BCUT2D eigenvalue weighted by molar-refractivity contribution is 6.09. The number of aromatic nitrogens is 2. The van der Waals surface area contributed by atoms with Crippen LogP contribution in [0.15, 0.2) is 91.1 Å². The van der Waals surface area contributed by atoms with E-state index in [4.69, 9.17) is 9.72 Å². The number of anilines is 3. The average Bonchev–Trinajstić information content (AvgIpc) is 3.62. The van der Waals surface area contributed by atoms with Crippen LogP contribution in [-0.4, -0.2) is 21.8 Å². The molecule has 2 aromatic heterocycles. The minimum Gasteiger partial charge on any atom is -0.457 e. The van der Waals surface area contributed by atoms with Crippen LogP contribution < -0.4 is 14.5 Å². The molecule has 1 aliphatic rings. The predicted octanol–water partition coefficient (Wildman–Crippen LogP) is 13.7. The van der Waals surface area contributed by atoms with Crippen LogP contribution in [0.3, 0.4) is 0 Å². The van der Waals surface area contributed by atoms with Crippen LogP contribution in [0.4, 0.5) is 17.1 Å². The van der Waals surface area contributed by atoms with Gasteiger partial charge in [-0.05, 0) is 126 Å². The summed E-state index contributed by atoms with van der Waals surface area (Å²) in [4.78, 5) is 9.92. The molecule has 282 valence electrons. The maximum atomic E-state index is 6.92. The molecule has 0 atom stereocenters. The molecule has 54 heavy (non-hydrogen) atoms.